The zero-order valence-electron chi connectivity index (χ0n) is 18.2. The van der Waals surface area contributed by atoms with Gasteiger partial charge in [-0.15, -0.1) is 0 Å². The van der Waals surface area contributed by atoms with Crippen molar-refractivity contribution in [3.05, 3.63) is 53.1 Å². The van der Waals surface area contributed by atoms with Gasteiger partial charge in [0, 0.05) is 49.9 Å². The van der Waals surface area contributed by atoms with Crippen LogP contribution in [0.2, 0.25) is 5.02 Å². The summed E-state index contributed by atoms with van der Waals surface area (Å²) in [4.78, 5) is 28.5. The minimum atomic E-state index is -0.175. The number of piperazine rings is 1. The number of anilines is 2. The summed E-state index contributed by atoms with van der Waals surface area (Å²) in [5, 5.41) is 6.40. The van der Waals surface area contributed by atoms with Gasteiger partial charge in [0.05, 0.1) is 19.3 Å². The van der Waals surface area contributed by atoms with Gasteiger partial charge < -0.3 is 15.4 Å². The van der Waals surface area contributed by atoms with Gasteiger partial charge in [-0.3, -0.25) is 19.4 Å². The van der Waals surface area contributed by atoms with Gasteiger partial charge in [0.15, 0.2) is 0 Å². The number of hydrogen-bond acceptors (Lipinski definition) is 5. The number of nitrogens with one attached hydrogen (secondary N) is 2. The molecule has 2 N–H and O–H groups in total. The van der Waals surface area contributed by atoms with Crippen molar-refractivity contribution in [3.8, 4) is 5.75 Å². The summed E-state index contributed by atoms with van der Waals surface area (Å²) in [6.45, 7) is 7.22. The van der Waals surface area contributed by atoms with Crippen molar-refractivity contribution >= 4 is 34.8 Å². The highest BCUT2D eigenvalue weighted by Crippen LogP contribution is 2.29. The van der Waals surface area contributed by atoms with Crippen molar-refractivity contribution in [2.45, 2.75) is 19.9 Å². The summed E-state index contributed by atoms with van der Waals surface area (Å²) in [5.74, 6) is 0.248. The Morgan fingerprint density at radius 2 is 1.81 bits per heavy atom. The molecule has 0 aliphatic carbocycles. The third-order valence-electron chi connectivity index (χ3n) is 5.47. The number of halogens is 1. The molecule has 2 aromatic rings. The maximum atomic E-state index is 12.6. The molecule has 8 heteroatoms. The van der Waals surface area contributed by atoms with Gasteiger partial charge >= 0.3 is 0 Å². The Morgan fingerprint density at radius 1 is 1.10 bits per heavy atom. The zero-order chi connectivity index (χ0) is 22.4. The Balaban J connectivity index is 1.54. The van der Waals surface area contributed by atoms with Crippen LogP contribution >= 0.6 is 11.6 Å². The highest BCUT2D eigenvalue weighted by Gasteiger charge is 2.24. The molecule has 0 spiro atoms. The van der Waals surface area contributed by atoms with Crippen molar-refractivity contribution in [2.24, 2.45) is 0 Å². The quantitative estimate of drug-likeness (QED) is 0.682. The minimum Gasteiger partial charge on any atom is -0.495 e. The first kappa shape index (κ1) is 23.1. The number of methoxy groups -OCH3 is 1. The summed E-state index contributed by atoms with van der Waals surface area (Å²) in [5.41, 5.74) is 2.26. The Kier molecular flexibility index (Phi) is 7.90. The monoisotopic (exact) mass is 444 g/mol. The fourth-order valence-corrected chi connectivity index (χ4v) is 4.09. The summed E-state index contributed by atoms with van der Waals surface area (Å²) >= 11 is 6.35. The van der Waals surface area contributed by atoms with Gasteiger partial charge in [0.25, 0.3) is 0 Å². The van der Waals surface area contributed by atoms with E-state index < -0.39 is 0 Å². The molecule has 2 amide bonds. The SMILES string of the molecule is COc1ccc(NC(C)=O)cc1NC(=O)CN1CCN(C(C)c2ccccc2Cl)CC1. The Bertz CT molecular complexity index is 929. The third-order valence-corrected chi connectivity index (χ3v) is 5.82. The van der Waals surface area contributed by atoms with Gasteiger partial charge in [-0.25, -0.2) is 0 Å². The Morgan fingerprint density at radius 3 is 2.45 bits per heavy atom. The lowest BCUT2D eigenvalue weighted by Gasteiger charge is -2.38. The molecule has 1 fully saturated rings. The predicted octanol–water partition coefficient (Wildman–Crippen LogP) is 3.62. The molecule has 0 saturated carbocycles. The van der Waals surface area contributed by atoms with Crippen LogP contribution in [-0.4, -0.2) is 61.4 Å². The lowest BCUT2D eigenvalue weighted by molar-refractivity contribution is -0.118. The number of carbonyl (C=O) groups excluding carboxylic acids is 2. The second-order valence-electron chi connectivity index (χ2n) is 7.65. The molecule has 1 heterocycles. The normalized spacial score (nSPS) is 15.9. The lowest BCUT2D eigenvalue weighted by atomic mass is 10.1. The Hall–Kier alpha value is -2.61. The first-order valence-electron chi connectivity index (χ1n) is 10.3. The van der Waals surface area contributed by atoms with E-state index >= 15 is 0 Å². The number of carbonyl (C=O) groups is 2. The fourth-order valence-electron chi connectivity index (χ4n) is 3.80. The summed E-state index contributed by atoms with van der Waals surface area (Å²) in [7, 11) is 1.54. The van der Waals surface area contributed by atoms with Crippen molar-refractivity contribution in [1.82, 2.24) is 9.80 Å². The van der Waals surface area contributed by atoms with Crippen molar-refractivity contribution in [1.29, 1.82) is 0 Å². The zero-order valence-corrected chi connectivity index (χ0v) is 18.9. The largest absolute Gasteiger partial charge is 0.495 e. The molecule has 1 aliphatic heterocycles. The molecule has 2 aromatic carbocycles. The average molecular weight is 445 g/mol. The second-order valence-corrected chi connectivity index (χ2v) is 8.06. The molecule has 0 aromatic heterocycles. The molecule has 1 unspecified atom stereocenters. The molecule has 3 rings (SSSR count). The average Bonchev–Trinajstić information content (AvgIpc) is 2.74. The number of ether oxygens (including phenoxy) is 1. The van der Waals surface area contributed by atoms with Crippen LogP contribution in [0.3, 0.4) is 0 Å². The van der Waals surface area contributed by atoms with Crippen molar-refractivity contribution in [3.63, 3.8) is 0 Å². The van der Waals surface area contributed by atoms with E-state index in [2.05, 4.69) is 33.4 Å². The van der Waals surface area contributed by atoms with Gasteiger partial charge in [-0.2, -0.15) is 0 Å². The number of amides is 2. The highest BCUT2D eigenvalue weighted by atomic mass is 35.5. The maximum absolute atomic E-state index is 12.6. The first-order chi connectivity index (χ1) is 14.9. The molecule has 0 bridgehead atoms. The molecule has 0 radical (unpaired) electrons. The van der Waals surface area contributed by atoms with Crippen molar-refractivity contribution in [2.75, 3.05) is 50.5 Å². The maximum Gasteiger partial charge on any atom is 0.238 e. The predicted molar refractivity (Wildman–Crippen MR) is 124 cm³/mol. The lowest BCUT2D eigenvalue weighted by Crippen LogP contribution is -2.49. The van der Waals surface area contributed by atoms with E-state index in [1.54, 1.807) is 25.3 Å². The fraction of sp³-hybridized carbons (Fsp3) is 0.391. The van der Waals surface area contributed by atoms with Gasteiger partial charge in [-0.1, -0.05) is 29.8 Å². The second kappa shape index (κ2) is 10.6. The molecule has 1 atom stereocenters. The van der Waals surface area contributed by atoms with E-state index in [-0.39, 0.29) is 17.9 Å². The van der Waals surface area contributed by atoms with E-state index in [9.17, 15) is 9.59 Å². The molecular formula is C23H29ClN4O3. The standard InChI is InChI=1S/C23H29ClN4O3/c1-16(19-6-4-5-7-20(19)24)28-12-10-27(11-13-28)15-23(30)26-21-14-18(25-17(2)29)8-9-22(21)31-3/h4-9,14,16H,10-13,15H2,1-3H3,(H,25,29)(H,26,30). The van der Waals surface area contributed by atoms with Crippen LogP contribution in [0, 0.1) is 0 Å². The van der Waals surface area contributed by atoms with Crippen LogP contribution < -0.4 is 15.4 Å². The number of hydrogen-bond donors (Lipinski definition) is 2. The van der Waals surface area contributed by atoms with Gasteiger partial charge in [0.1, 0.15) is 5.75 Å². The number of rotatable bonds is 7. The highest BCUT2D eigenvalue weighted by molar-refractivity contribution is 6.31. The molecular weight excluding hydrogens is 416 g/mol. The summed E-state index contributed by atoms with van der Waals surface area (Å²) in [6.07, 6.45) is 0. The van der Waals surface area contributed by atoms with Gasteiger partial charge in [0.2, 0.25) is 11.8 Å². The van der Waals surface area contributed by atoms with E-state index in [1.807, 2.05) is 18.2 Å². The smallest absolute Gasteiger partial charge is 0.238 e. The summed E-state index contributed by atoms with van der Waals surface area (Å²) < 4.78 is 5.33. The van der Waals surface area contributed by atoms with Crippen LogP contribution in [0.15, 0.2) is 42.5 Å². The van der Waals surface area contributed by atoms with Crippen LogP contribution in [0.4, 0.5) is 11.4 Å². The molecule has 1 aliphatic rings. The van der Waals surface area contributed by atoms with E-state index in [0.717, 1.165) is 36.8 Å². The van der Waals surface area contributed by atoms with E-state index in [1.165, 1.54) is 6.92 Å². The van der Waals surface area contributed by atoms with Crippen molar-refractivity contribution < 1.29 is 14.3 Å². The van der Waals surface area contributed by atoms with E-state index in [4.69, 9.17) is 16.3 Å². The number of nitrogens with zero attached hydrogens (tertiary/aromatic N) is 2. The third kappa shape index (κ3) is 6.19. The minimum absolute atomic E-state index is 0.120. The first-order valence-corrected chi connectivity index (χ1v) is 10.7. The molecule has 1 saturated heterocycles. The Labute approximate surface area is 188 Å². The van der Waals surface area contributed by atoms with Crippen LogP contribution in [0.25, 0.3) is 0 Å². The van der Waals surface area contributed by atoms with Gasteiger partial charge in [-0.05, 0) is 36.8 Å². The molecule has 7 nitrogen and oxygen atoms in total. The van der Waals surface area contributed by atoms with Crippen LogP contribution in [0.5, 0.6) is 5.75 Å². The van der Waals surface area contributed by atoms with E-state index in [0.29, 0.717) is 23.7 Å². The molecule has 31 heavy (non-hydrogen) atoms. The molecule has 166 valence electrons. The number of benzene rings is 2. The topological polar surface area (TPSA) is 73.9 Å². The van der Waals surface area contributed by atoms with Crippen LogP contribution in [0.1, 0.15) is 25.5 Å². The van der Waals surface area contributed by atoms with Crippen LogP contribution in [-0.2, 0) is 9.59 Å². The summed E-state index contributed by atoms with van der Waals surface area (Å²) in [6, 6.07) is 13.3.